The van der Waals surface area contributed by atoms with Gasteiger partial charge in [-0.25, -0.2) is 0 Å². The van der Waals surface area contributed by atoms with Crippen LogP contribution in [0.5, 0.6) is 0 Å². The first-order chi connectivity index (χ1) is 14.9. The van der Waals surface area contributed by atoms with E-state index in [9.17, 15) is 0 Å². The number of halogens is 2. The van der Waals surface area contributed by atoms with Crippen molar-refractivity contribution in [2.45, 2.75) is 34.2 Å². The number of aryl methyl sites for hydroxylation is 4. The summed E-state index contributed by atoms with van der Waals surface area (Å²) in [6, 6.07) is 18.9. The van der Waals surface area contributed by atoms with Crippen molar-refractivity contribution in [3.8, 4) is 0 Å². The molecule has 0 spiro atoms. The third-order valence-electron chi connectivity index (χ3n) is 4.64. The fourth-order valence-corrected chi connectivity index (χ4v) is 3.42. The Balaban J connectivity index is 0.000000318. The molecule has 0 aliphatic carbocycles. The number of pyridine rings is 1. The molecule has 31 heavy (non-hydrogen) atoms. The van der Waals surface area contributed by atoms with E-state index in [4.69, 9.17) is 0 Å². The molecule has 0 bridgehead atoms. The van der Waals surface area contributed by atoms with E-state index in [1.165, 1.54) is 33.5 Å². The molecule has 0 radical (unpaired) electrons. The van der Waals surface area contributed by atoms with Gasteiger partial charge < -0.3 is 9.80 Å². The minimum absolute atomic E-state index is 0.890. The number of benzene rings is 2. The topological polar surface area (TPSA) is 19.4 Å². The second-order valence-electron chi connectivity index (χ2n) is 7.30. The van der Waals surface area contributed by atoms with Gasteiger partial charge in [-0.15, -0.1) is 0 Å². The van der Waals surface area contributed by atoms with E-state index in [0.29, 0.717) is 0 Å². The van der Waals surface area contributed by atoms with E-state index >= 15 is 0 Å². The van der Waals surface area contributed by atoms with E-state index < -0.39 is 0 Å². The van der Waals surface area contributed by atoms with E-state index in [-0.39, 0.29) is 0 Å². The zero-order valence-electron chi connectivity index (χ0n) is 18.2. The minimum Gasteiger partial charge on any atom is -0.265 e. The molecule has 168 valence electrons. The van der Waals surface area contributed by atoms with Crippen molar-refractivity contribution in [2.75, 3.05) is 4.90 Å². The van der Waals surface area contributed by atoms with E-state index in [2.05, 4.69) is 137 Å². The molecule has 1 aliphatic heterocycles. The second-order valence-corrected chi connectivity index (χ2v) is 19.3. The van der Waals surface area contributed by atoms with Gasteiger partial charge in [0.25, 0.3) is 0 Å². The summed E-state index contributed by atoms with van der Waals surface area (Å²) in [4.78, 5) is 8.23. The Morgan fingerprint density at radius 2 is 1.42 bits per heavy atom. The van der Waals surface area contributed by atoms with E-state index in [1.807, 2.05) is 18.2 Å². The predicted octanol–water partition coefficient (Wildman–Crippen LogP) is 7.68. The van der Waals surface area contributed by atoms with Crippen LogP contribution in [-0.2, 0) is 17.3 Å². The molecular weight excluding hydrogens is 703 g/mol. The number of hydrogen-bond acceptors (Lipinski definition) is 3. The van der Waals surface area contributed by atoms with Crippen molar-refractivity contribution in [1.29, 1.82) is 0 Å². The number of anilines is 1. The van der Waals surface area contributed by atoms with Crippen LogP contribution in [-0.4, -0.2) is 9.88 Å². The van der Waals surface area contributed by atoms with Crippen LogP contribution in [0.25, 0.3) is 0 Å². The van der Waals surface area contributed by atoms with Crippen molar-refractivity contribution < 1.29 is 10.8 Å². The third-order valence-corrected chi connectivity index (χ3v) is 4.64. The van der Waals surface area contributed by atoms with Crippen LogP contribution in [0.1, 0.15) is 27.8 Å². The average molecular weight is 731 g/mol. The maximum absolute atomic E-state index is 3.78. The molecule has 3 aromatic rings. The van der Waals surface area contributed by atoms with E-state index in [0.717, 1.165) is 17.3 Å². The Labute approximate surface area is 216 Å². The Morgan fingerprint density at radius 3 is 1.90 bits per heavy atom. The van der Waals surface area contributed by atoms with Gasteiger partial charge >= 0.3 is 49.8 Å². The van der Waals surface area contributed by atoms with Crippen LogP contribution in [0.3, 0.4) is 0 Å². The molecule has 1 aliphatic rings. The average Bonchev–Trinajstić information content (AvgIpc) is 3.19. The first-order valence-corrected chi connectivity index (χ1v) is 19.1. The van der Waals surface area contributed by atoms with Crippen molar-refractivity contribution in [2.24, 2.45) is 0 Å². The molecule has 2 heterocycles. The molecule has 0 fully saturated rings. The third kappa shape index (κ3) is 9.21. The van der Waals surface area contributed by atoms with Gasteiger partial charge in [-0.3, -0.25) is 4.98 Å². The standard InChI is InChI=1S/C20H23N2.C5H5N.2HI.Pd/c1-15-5-7-19(8-6-15)13-21-9-10-22(14-21)20-17(3)11-16(2)12-18(20)4;1-2-4-6-5-3-1;;;/h5-12,14H,13H2,1-4H3;1-5H;2*1H;/q-1;;;;+2/p-2. The zero-order chi connectivity index (χ0) is 22.6. The minimum atomic E-state index is 0.890. The first-order valence-electron chi connectivity index (χ1n) is 9.82. The quantitative estimate of drug-likeness (QED) is 0.157. The van der Waals surface area contributed by atoms with E-state index in [1.54, 1.807) is 12.4 Å². The molecule has 3 nitrogen and oxygen atoms in total. The largest absolute Gasteiger partial charge is 0.265 e. The Hall–Kier alpha value is -0.948. The molecule has 0 N–H and O–H groups in total. The summed E-state index contributed by atoms with van der Waals surface area (Å²) in [5, 5.41) is 0. The van der Waals surface area contributed by atoms with Crippen molar-refractivity contribution in [3.63, 3.8) is 0 Å². The Bertz CT molecular complexity index is 897. The number of rotatable bonds is 3. The van der Waals surface area contributed by atoms with Gasteiger partial charge in [-0.1, -0.05) is 53.6 Å². The molecule has 0 amide bonds. The summed E-state index contributed by atoms with van der Waals surface area (Å²) < 4.78 is 0. The van der Waals surface area contributed by atoms with Gasteiger partial charge in [0.2, 0.25) is 0 Å². The number of aromatic nitrogens is 1. The van der Waals surface area contributed by atoms with Crippen molar-refractivity contribution in [3.05, 3.63) is 114 Å². The second kappa shape index (κ2) is 14.3. The van der Waals surface area contributed by atoms with Crippen LogP contribution in [0.2, 0.25) is 0 Å². The first kappa shape index (κ1) is 26.3. The molecule has 4 rings (SSSR count). The zero-order valence-corrected chi connectivity index (χ0v) is 24.1. The van der Waals surface area contributed by atoms with Gasteiger partial charge in [0.1, 0.15) is 0 Å². The van der Waals surface area contributed by atoms with Gasteiger partial charge in [0, 0.05) is 24.6 Å². The molecule has 6 heteroatoms. The summed E-state index contributed by atoms with van der Waals surface area (Å²) in [6.45, 7) is 11.7. The summed E-state index contributed by atoms with van der Waals surface area (Å²) >= 11 is 4.65. The van der Waals surface area contributed by atoms with Gasteiger partial charge in [-0.05, 0) is 68.9 Å². The molecule has 0 unspecified atom stereocenters. The Kier molecular flexibility index (Phi) is 12.1. The number of nitrogens with zero attached hydrogens (tertiary/aromatic N) is 3. The van der Waals surface area contributed by atoms with Gasteiger partial charge in [-0.2, -0.15) is 6.67 Å². The fourth-order valence-electron chi connectivity index (χ4n) is 3.42. The summed E-state index contributed by atoms with van der Waals surface area (Å²) in [6.07, 6.45) is 7.78. The molecule has 0 atom stereocenters. The number of hydrogen-bond donors (Lipinski definition) is 0. The summed E-state index contributed by atoms with van der Waals surface area (Å²) in [5.41, 5.74) is 7.86. The van der Waals surface area contributed by atoms with Crippen LogP contribution < -0.4 is 4.90 Å². The maximum Gasteiger partial charge on any atom is 0.0267 e. The van der Waals surface area contributed by atoms with Crippen LogP contribution in [0, 0.1) is 34.4 Å². The van der Waals surface area contributed by atoms with Crippen molar-refractivity contribution in [1.82, 2.24) is 9.88 Å². The normalized spacial score (nSPS) is 12.2. The van der Waals surface area contributed by atoms with Crippen molar-refractivity contribution >= 4 is 44.7 Å². The molecule has 1 aromatic heterocycles. The predicted molar refractivity (Wildman–Crippen MR) is 146 cm³/mol. The molecule has 0 saturated heterocycles. The monoisotopic (exact) mass is 730 g/mol. The van der Waals surface area contributed by atoms with Crippen LogP contribution in [0.15, 0.2) is 79.4 Å². The molecule has 2 aromatic carbocycles. The maximum atomic E-state index is 3.78. The van der Waals surface area contributed by atoms with Crippen LogP contribution >= 0.6 is 39.0 Å². The molecule has 0 saturated carbocycles. The Morgan fingerprint density at radius 1 is 0.839 bits per heavy atom. The van der Waals surface area contributed by atoms with Gasteiger partial charge in [0.05, 0.1) is 0 Å². The van der Waals surface area contributed by atoms with Gasteiger partial charge in [0.15, 0.2) is 0 Å². The smallest absolute Gasteiger partial charge is 0.0267 e. The summed E-state index contributed by atoms with van der Waals surface area (Å²) in [7, 11) is 0.890. The molecular formula is C25H28I2N3Pd-. The summed E-state index contributed by atoms with van der Waals surface area (Å²) in [5.74, 6) is 0. The fraction of sp³-hybridized carbons (Fsp3) is 0.200. The van der Waals surface area contributed by atoms with Crippen LogP contribution in [0.4, 0.5) is 5.69 Å². The SMILES string of the molecule is Cc1ccc(CN2C=CN(c3c(C)cc(C)cc3C)[CH-]2)cc1.[I][Pd][I].c1ccncc1.